The number of hydrogen-bond acceptors (Lipinski definition) is 3. The molecule has 1 atom stereocenters. The van der Waals surface area contributed by atoms with Gasteiger partial charge >= 0.3 is 6.09 Å². The molecule has 0 spiro atoms. The van der Waals surface area contributed by atoms with Gasteiger partial charge in [0.2, 0.25) is 0 Å². The Hall–Kier alpha value is -3.26. The Kier molecular flexibility index (Phi) is 7.81. The fourth-order valence-electron chi connectivity index (χ4n) is 3.75. The van der Waals surface area contributed by atoms with Crippen molar-refractivity contribution in [3.8, 4) is 5.69 Å². The molecule has 1 aromatic heterocycles. The molecule has 33 heavy (non-hydrogen) atoms. The summed E-state index contributed by atoms with van der Waals surface area (Å²) in [7, 11) is 0. The Labute approximate surface area is 192 Å². The molecule has 0 saturated carbocycles. The Morgan fingerprint density at radius 1 is 1.12 bits per heavy atom. The molecule has 0 aliphatic rings. The van der Waals surface area contributed by atoms with E-state index in [1.165, 1.54) is 4.68 Å². The van der Waals surface area contributed by atoms with Crippen LogP contribution in [0.2, 0.25) is 0 Å². The van der Waals surface area contributed by atoms with Gasteiger partial charge < -0.3 is 15.7 Å². The summed E-state index contributed by atoms with van der Waals surface area (Å²) < 4.78 is 29.8. The predicted octanol–water partition coefficient (Wildman–Crippen LogP) is 5.08. The monoisotopic (exact) mass is 456 g/mol. The van der Waals surface area contributed by atoms with Crippen LogP contribution < -0.4 is 10.6 Å². The first kappa shape index (κ1) is 24.4. The molecule has 8 heteroatoms. The molecule has 6 nitrogen and oxygen atoms in total. The summed E-state index contributed by atoms with van der Waals surface area (Å²) in [5, 5.41) is 19.3. The smallest absolute Gasteiger partial charge is 0.404 e. The van der Waals surface area contributed by atoms with Crippen LogP contribution in [0.4, 0.5) is 13.6 Å². The number of aromatic nitrogens is 2. The minimum absolute atomic E-state index is 0.0499. The lowest BCUT2D eigenvalue weighted by molar-refractivity contribution is 0.194. The highest BCUT2D eigenvalue weighted by Gasteiger charge is 2.31. The van der Waals surface area contributed by atoms with Gasteiger partial charge in [-0.05, 0) is 41.6 Å². The van der Waals surface area contributed by atoms with Gasteiger partial charge in [-0.1, -0.05) is 51.1 Å². The van der Waals surface area contributed by atoms with Crippen molar-refractivity contribution in [2.75, 3.05) is 13.1 Å². The zero-order valence-electron chi connectivity index (χ0n) is 19.1. The van der Waals surface area contributed by atoms with Crippen LogP contribution in [0, 0.1) is 17.0 Å². The van der Waals surface area contributed by atoms with Gasteiger partial charge in [0.15, 0.2) is 0 Å². The third-order valence-corrected chi connectivity index (χ3v) is 5.33. The Morgan fingerprint density at radius 3 is 2.52 bits per heavy atom. The molecule has 176 valence electrons. The summed E-state index contributed by atoms with van der Waals surface area (Å²) >= 11 is 0. The minimum Gasteiger partial charge on any atom is -0.465 e. The molecule has 3 N–H and O–H groups in total. The molecule has 0 aliphatic carbocycles. The number of nitrogens with one attached hydrogen (secondary N) is 2. The standard InChI is InChI=1S/C25H30F2N4O2/c1-25(2,3)23(28-12-7-13-29-24(32)33)22-18(14-17-8-5-4-6-9-17)16-31(30-22)21-15-19(26)10-11-20(21)27/h4-6,8-11,15-16,23,28-29H,7,12-14H2,1-3H3,(H,32,33)/t23-/m0/s1. The van der Waals surface area contributed by atoms with Crippen LogP contribution in [0.15, 0.2) is 54.7 Å². The summed E-state index contributed by atoms with van der Waals surface area (Å²) in [6.07, 6.45) is 1.89. The quantitative estimate of drug-likeness (QED) is 0.393. The number of amides is 1. The molecule has 0 bridgehead atoms. The van der Waals surface area contributed by atoms with Gasteiger partial charge in [-0.15, -0.1) is 0 Å². The van der Waals surface area contributed by atoms with Crippen molar-refractivity contribution < 1.29 is 18.7 Å². The van der Waals surface area contributed by atoms with Crippen LogP contribution in [0.1, 0.15) is 50.1 Å². The van der Waals surface area contributed by atoms with Crippen LogP contribution in [-0.2, 0) is 6.42 Å². The lowest BCUT2D eigenvalue weighted by Gasteiger charge is -2.31. The first-order chi connectivity index (χ1) is 15.6. The van der Waals surface area contributed by atoms with E-state index in [9.17, 15) is 13.6 Å². The summed E-state index contributed by atoms with van der Waals surface area (Å²) in [5.41, 5.74) is 2.54. The zero-order valence-corrected chi connectivity index (χ0v) is 19.1. The molecule has 3 rings (SSSR count). The van der Waals surface area contributed by atoms with E-state index in [1.54, 1.807) is 6.20 Å². The maximum atomic E-state index is 14.5. The molecular formula is C25H30F2N4O2. The Bertz CT molecular complexity index is 1080. The Morgan fingerprint density at radius 2 is 1.85 bits per heavy atom. The van der Waals surface area contributed by atoms with E-state index in [1.807, 2.05) is 30.3 Å². The van der Waals surface area contributed by atoms with Gasteiger partial charge in [-0.2, -0.15) is 5.10 Å². The van der Waals surface area contributed by atoms with E-state index >= 15 is 0 Å². The fourth-order valence-corrected chi connectivity index (χ4v) is 3.75. The number of carbonyl (C=O) groups is 1. The van der Waals surface area contributed by atoms with Crippen molar-refractivity contribution in [1.29, 1.82) is 0 Å². The number of halogens is 2. The van der Waals surface area contributed by atoms with Gasteiger partial charge in [0.25, 0.3) is 0 Å². The molecule has 0 radical (unpaired) electrons. The molecule has 0 unspecified atom stereocenters. The normalized spacial score (nSPS) is 12.5. The van der Waals surface area contributed by atoms with Gasteiger partial charge in [0.1, 0.15) is 17.3 Å². The van der Waals surface area contributed by atoms with Gasteiger partial charge in [-0.25, -0.2) is 18.3 Å². The second-order valence-electron chi connectivity index (χ2n) is 9.08. The van der Waals surface area contributed by atoms with Crippen LogP contribution in [0.5, 0.6) is 0 Å². The molecule has 1 amide bonds. The van der Waals surface area contributed by atoms with E-state index < -0.39 is 17.7 Å². The molecule has 2 aromatic carbocycles. The average Bonchev–Trinajstić information content (AvgIpc) is 3.14. The summed E-state index contributed by atoms with van der Waals surface area (Å²) in [5.74, 6) is -1.10. The van der Waals surface area contributed by atoms with Crippen molar-refractivity contribution in [3.05, 3.63) is 83.2 Å². The molecule has 0 fully saturated rings. The molecule has 3 aromatic rings. The van der Waals surface area contributed by atoms with E-state index in [0.717, 1.165) is 35.0 Å². The van der Waals surface area contributed by atoms with E-state index in [-0.39, 0.29) is 17.1 Å². The van der Waals surface area contributed by atoms with Crippen LogP contribution in [-0.4, -0.2) is 34.1 Å². The van der Waals surface area contributed by atoms with Crippen molar-refractivity contribution in [3.63, 3.8) is 0 Å². The second kappa shape index (κ2) is 10.6. The molecule has 0 saturated heterocycles. The van der Waals surface area contributed by atoms with Crippen molar-refractivity contribution in [1.82, 2.24) is 20.4 Å². The van der Waals surface area contributed by atoms with Crippen LogP contribution >= 0.6 is 0 Å². The first-order valence-corrected chi connectivity index (χ1v) is 10.9. The second-order valence-corrected chi connectivity index (χ2v) is 9.08. The highest BCUT2D eigenvalue weighted by molar-refractivity contribution is 5.64. The van der Waals surface area contributed by atoms with E-state index in [2.05, 4.69) is 31.4 Å². The van der Waals surface area contributed by atoms with Gasteiger partial charge in [0, 0.05) is 25.2 Å². The number of benzene rings is 2. The lowest BCUT2D eigenvalue weighted by atomic mass is 9.83. The third kappa shape index (κ3) is 6.61. The average molecular weight is 457 g/mol. The van der Waals surface area contributed by atoms with E-state index in [0.29, 0.717) is 25.9 Å². The number of nitrogens with zero attached hydrogens (tertiary/aromatic N) is 2. The van der Waals surface area contributed by atoms with Crippen molar-refractivity contribution in [2.45, 2.75) is 39.7 Å². The Balaban J connectivity index is 1.97. The summed E-state index contributed by atoms with van der Waals surface area (Å²) in [6.45, 7) is 7.13. The number of hydrogen-bond donors (Lipinski definition) is 3. The van der Waals surface area contributed by atoms with Crippen LogP contribution in [0.25, 0.3) is 5.69 Å². The molecular weight excluding hydrogens is 426 g/mol. The predicted molar refractivity (Wildman–Crippen MR) is 124 cm³/mol. The minimum atomic E-state index is -1.05. The third-order valence-electron chi connectivity index (χ3n) is 5.33. The number of carboxylic acid groups (broad SMARTS) is 1. The lowest BCUT2D eigenvalue weighted by Crippen LogP contribution is -2.35. The van der Waals surface area contributed by atoms with Gasteiger partial charge in [0.05, 0.1) is 11.7 Å². The summed E-state index contributed by atoms with van der Waals surface area (Å²) in [6, 6.07) is 13.0. The molecule has 0 aliphatic heterocycles. The van der Waals surface area contributed by atoms with E-state index in [4.69, 9.17) is 10.2 Å². The summed E-state index contributed by atoms with van der Waals surface area (Å²) in [4.78, 5) is 10.7. The maximum absolute atomic E-state index is 14.5. The topological polar surface area (TPSA) is 79.2 Å². The van der Waals surface area contributed by atoms with Crippen molar-refractivity contribution >= 4 is 6.09 Å². The maximum Gasteiger partial charge on any atom is 0.404 e. The van der Waals surface area contributed by atoms with Crippen molar-refractivity contribution in [2.24, 2.45) is 5.41 Å². The SMILES string of the molecule is CC(C)(C)[C@@H](NCCCNC(=O)O)c1nn(-c2cc(F)ccc2F)cc1Cc1ccccc1. The highest BCUT2D eigenvalue weighted by Crippen LogP contribution is 2.35. The molecule has 1 heterocycles. The zero-order chi connectivity index (χ0) is 24.0. The fraction of sp³-hybridized carbons (Fsp3) is 0.360. The first-order valence-electron chi connectivity index (χ1n) is 10.9. The van der Waals surface area contributed by atoms with Crippen LogP contribution in [0.3, 0.4) is 0 Å². The number of rotatable bonds is 9. The largest absolute Gasteiger partial charge is 0.465 e. The van der Waals surface area contributed by atoms with Gasteiger partial charge in [-0.3, -0.25) is 0 Å². The highest BCUT2D eigenvalue weighted by atomic mass is 19.1.